The molecule has 0 bridgehead atoms. The Morgan fingerprint density at radius 2 is 1.70 bits per heavy atom. The molecule has 2 rings (SSSR count). The number of hydrogen-bond donors (Lipinski definition) is 4. The van der Waals surface area contributed by atoms with Crippen molar-refractivity contribution in [1.29, 1.82) is 0 Å². The molecule has 2 aromatic carbocycles. The summed E-state index contributed by atoms with van der Waals surface area (Å²) in [6.45, 7) is 1.90. The number of rotatable bonds is 5. The average Bonchev–Trinajstić information content (AvgIpc) is 2.69. The highest BCUT2D eigenvalue weighted by atomic mass is 79.9. The maximum Gasteiger partial charge on any atom is 0.257 e. The van der Waals surface area contributed by atoms with Gasteiger partial charge in [0.05, 0.1) is 10.7 Å². The van der Waals surface area contributed by atoms with Crippen LogP contribution < -0.4 is 21.5 Å². The van der Waals surface area contributed by atoms with Crippen LogP contribution in [0.4, 0.5) is 5.69 Å². The Morgan fingerprint density at radius 1 is 1.00 bits per heavy atom. The highest BCUT2D eigenvalue weighted by Gasteiger charge is 2.12. The molecule has 0 aliphatic rings. The van der Waals surface area contributed by atoms with E-state index in [0.29, 0.717) is 21.3 Å². The van der Waals surface area contributed by atoms with Crippen LogP contribution in [0.2, 0.25) is 10.0 Å². The van der Waals surface area contributed by atoms with Gasteiger partial charge in [0.2, 0.25) is 11.8 Å². The van der Waals surface area contributed by atoms with Gasteiger partial charge in [-0.05, 0) is 55.0 Å². The minimum Gasteiger partial charge on any atom is -0.325 e. The maximum absolute atomic E-state index is 12.2. The number of hydrazine groups is 1. The van der Waals surface area contributed by atoms with Gasteiger partial charge in [0, 0.05) is 27.9 Å². The van der Waals surface area contributed by atoms with Gasteiger partial charge in [-0.3, -0.25) is 30.6 Å². The second-order valence-corrected chi connectivity index (χ2v) is 8.20. The van der Waals surface area contributed by atoms with Crippen LogP contribution in [0, 0.1) is 6.92 Å². The zero-order valence-electron chi connectivity index (χ0n) is 15.6. The van der Waals surface area contributed by atoms with Gasteiger partial charge in [0.25, 0.3) is 5.91 Å². The summed E-state index contributed by atoms with van der Waals surface area (Å²) in [6, 6.07) is 9.76. The van der Waals surface area contributed by atoms with Gasteiger partial charge in [-0.15, -0.1) is 0 Å². The number of anilines is 1. The first-order valence-corrected chi connectivity index (χ1v) is 10.5. The van der Waals surface area contributed by atoms with E-state index in [2.05, 4.69) is 37.4 Å². The summed E-state index contributed by atoms with van der Waals surface area (Å²) in [7, 11) is 0. The predicted molar refractivity (Wildman–Crippen MR) is 125 cm³/mol. The molecule has 0 saturated carbocycles. The summed E-state index contributed by atoms with van der Waals surface area (Å²) in [5.74, 6) is -1.31. The average molecular weight is 532 g/mol. The SMILES string of the molecule is Cc1ccc(C(=O)NC(=S)NNC(=O)CCC(=O)Nc2ccc(Cl)cc2Cl)cc1Br. The van der Waals surface area contributed by atoms with E-state index in [9.17, 15) is 14.4 Å². The van der Waals surface area contributed by atoms with E-state index < -0.39 is 17.7 Å². The van der Waals surface area contributed by atoms with Gasteiger partial charge in [0.15, 0.2) is 5.11 Å². The third-order valence-electron chi connectivity index (χ3n) is 3.76. The van der Waals surface area contributed by atoms with E-state index in [4.69, 9.17) is 35.4 Å². The molecule has 0 saturated heterocycles. The van der Waals surface area contributed by atoms with Gasteiger partial charge < -0.3 is 5.32 Å². The molecule has 0 fully saturated rings. The molecule has 158 valence electrons. The lowest BCUT2D eigenvalue weighted by molar-refractivity contribution is -0.124. The fraction of sp³-hybridized carbons (Fsp3) is 0.158. The lowest BCUT2D eigenvalue weighted by atomic mass is 10.1. The Balaban J connectivity index is 1.73. The number of benzene rings is 2. The van der Waals surface area contributed by atoms with E-state index in [-0.39, 0.29) is 18.0 Å². The molecule has 4 N–H and O–H groups in total. The predicted octanol–water partition coefficient (Wildman–Crippen LogP) is 4.12. The van der Waals surface area contributed by atoms with Crippen LogP contribution in [0.1, 0.15) is 28.8 Å². The summed E-state index contributed by atoms with van der Waals surface area (Å²) in [6.07, 6.45) is -0.186. The molecule has 30 heavy (non-hydrogen) atoms. The zero-order chi connectivity index (χ0) is 22.3. The van der Waals surface area contributed by atoms with Gasteiger partial charge in [-0.2, -0.15) is 0 Å². The number of thiocarbonyl (C=S) groups is 1. The van der Waals surface area contributed by atoms with Crippen LogP contribution in [0.15, 0.2) is 40.9 Å². The Hall–Kier alpha value is -2.20. The summed E-state index contributed by atoms with van der Waals surface area (Å²) in [5.41, 5.74) is 6.53. The molecule has 11 heteroatoms. The number of halogens is 3. The molecule has 0 aliphatic heterocycles. The fourth-order valence-electron chi connectivity index (χ4n) is 2.16. The van der Waals surface area contributed by atoms with Crippen molar-refractivity contribution in [1.82, 2.24) is 16.2 Å². The first-order valence-electron chi connectivity index (χ1n) is 8.57. The third kappa shape index (κ3) is 7.56. The van der Waals surface area contributed by atoms with E-state index in [0.717, 1.165) is 10.0 Å². The molecule has 7 nitrogen and oxygen atoms in total. The molecule has 0 spiro atoms. The second-order valence-electron chi connectivity index (χ2n) is 6.09. The number of aryl methyl sites for hydroxylation is 1. The first-order chi connectivity index (χ1) is 14.2. The molecule has 2 aromatic rings. The maximum atomic E-state index is 12.2. The number of carbonyl (C=O) groups is 3. The van der Waals surface area contributed by atoms with Crippen LogP contribution in [0.25, 0.3) is 0 Å². The van der Waals surface area contributed by atoms with Crippen molar-refractivity contribution in [2.75, 3.05) is 5.32 Å². The van der Waals surface area contributed by atoms with E-state index in [1.807, 2.05) is 6.92 Å². The number of carbonyl (C=O) groups excluding carboxylic acids is 3. The second kappa shape index (κ2) is 11.3. The van der Waals surface area contributed by atoms with Crippen molar-refractivity contribution < 1.29 is 14.4 Å². The molecule has 0 radical (unpaired) electrons. The van der Waals surface area contributed by atoms with Crippen molar-refractivity contribution >= 4 is 79.9 Å². The lowest BCUT2D eigenvalue weighted by Gasteiger charge is -2.11. The van der Waals surface area contributed by atoms with Crippen LogP contribution in [0.5, 0.6) is 0 Å². The van der Waals surface area contributed by atoms with Gasteiger partial charge in [-0.1, -0.05) is 45.2 Å². The standard InChI is InChI=1S/C19H17BrCl2N4O3S/c1-10-2-3-11(8-13(10)20)18(29)24-19(30)26-25-17(28)7-6-16(27)23-15-5-4-12(21)9-14(15)22/h2-5,8-9H,6-7H2,1H3,(H,23,27)(H,25,28)(H2,24,26,29,30). The monoisotopic (exact) mass is 530 g/mol. The van der Waals surface area contributed by atoms with Crippen molar-refractivity contribution in [3.63, 3.8) is 0 Å². The Morgan fingerprint density at radius 3 is 2.37 bits per heavy atom. The van der Waals surface area contributed by atoms with Crippen LogP contribution >= 0.6 is 51.3 Å². The van der Waals surface area contributed by atoms with Crippen molar-refractivity contribution in [2.24, 2.45) is 0 Å². The smallest absolute Gasteiger partial charge is 0.257 e. The minimum absolute atomic E-state index is 0.0804. The fourth-order valence-corrected chi connectivity index (χ4v) is 3.14. The molecule has 0 atom stereocenters. The van der Waals surface area contributed by atoms with E-state index >= 15 is 0 Å². The van der Waals surface area contributed by atoms with Crippen molar-refractivity contribution in [3.05, 3.63) is 62.0 Å². The molecule has 0 aliphatic carbocycles. The number of hydrogen-bond acceptors (Lipinski definition) is 4. The Labute approximate surface area is 197 Å². The first kappa shape index (κ1) is 24.1. The quantitative estimate of drug-likeness (QED) is 0.343. The van der Waals surface area contributed by atoms with Crippen LogP contribution in [0.3, 0.4) is 0 Å². The molecule has 3 amide bonds. The van der Waals surface area contributed by atoms with Crippen molar-refractivity contribution in [3.8, 4) is 0 Å². The molecular weight excluding hydrogens is 515 g/mol. The summed E-state index contributed by atoms with van der Waals surface area (Å²) >= 11 is 20.1. The number of amides is 3. The largest absolute Gasteiger partial charge is 0.325 e. The molecular formula is C19H17BrCl2N4O3S. The summed E-state index contributed by atoms with van der Waals surface area (Å²) in [5, 5.41) is 5.70. The molecule has 0 aromatic heterocycles. The number of nitrogens with one attached hydrogen (secondary N) is 4. The Bertz CT molecular complexity index is 1000. The summed E-state index contributed by atoms with van der Waals surface area (Å²) in [4.78, 5) is 36.0. The minimum atomic E-state index is -0.484. The van der Waals surface area contributed by atoms with E-state index in [1.165, 1.54) is 6.07 Å². The van der Waals surface area contributed by atoms with Crippen LogP contribution in [-0.2, 0) is 9.59 Å². The lowest BCUT2D eigenvalue weighted by Crippen LogP contribution is -2.48. The third-order valence-corrected chi connectivity index (χ3v) is 5.37. The van der Waals surface area contributed by atoms with Gasteiger partial charge in [-0.25, -0.2) is 0 Å². The highest BCUT2D eigenvalue weighted by Crippen LogP contribution is 2.25. The van der Waals surface area contributed by atoms with Gasteiger partial charge in [0.1, 0.15) is 0 Å². The van der Waals surface area contributed by atoms with Gasteiger partial charge >= 0.3 is 0 Å². The van der Waals surface area contributed by atoms with Crippen molar-refractivity contribution in [2.45, 2.75) is 19.8 Å². The Kier molecular flexibility index (Phi) is 9.04. The zero-order valence-corrected chi connectivity index (χ0v) is 19.6. The normalized spacial score (nSPS) is 10.1. The van der Waals surface area contributed by atoms with Crippen LogP contribution in [-0.4, -0.2) is 22.8 Å². The molecule has 0 unspecified atom stereocenters. The van der Waals surface area contributed by atoms with E-state index in [1.54, 1.807) is 30.3 Å². The highest BCUT2D eigenvalue weighted by molar-refractivity contribution is 9.10. The molecule has 0 heterocycles. The topological polar surface area (TPSA) is 99.3 Å². The summed E-state index contributed by atoms with van der Waals surface area (Å²) < 4.78 is 0.792.